The van der Waals surface area contributed by atoms with Gasteiger partial charge in [0.1, 0.15) is 6.07 Å². The highest BCUT2D eigenvalue weighted by molar-refractivity contribution is 5.67. The van der Waals surface area contributed by atoms with E-state index in [2.05, 4.69) is 42.0 Å². The number of anilines is 1. The number of oxazole rings is 1. The first kappa shape index (κ1) is 19.2. The van der Waals surface area contributed by atoms with Crippen LogP contribution in [0, 0.1) is 23.2 Å². The molecule has 0 amide bonds. The van der Waals surface area contributed by atoms with Gasteiger partial charge in [-0.25, -0.2) is 0 Å². The van der Waals surface area contributed by atoms with Gasteiger partial charge in [0.2, 0.25) is 17.5 Å². The van der Waals surface area contributed by atoms with Crippen LogP contribution in [0.2, 0.25) is 0 Å². The number of nitrogens with zero attached hydrogens (tertiary/aromatic N) is 3. The summed E-state index contributed by atoms with van der Waals surface area (Å²) < 4.78 is 5.76. The second kappa shape index (κ2) is 8.88. The van der Waals surface area contributed by atoms with E-state index in [1.165, 1.54) is 6.42 Å². The van der Waals surface area contributed by atoms with Crippen LogP contribution >= 0.6 is 0 Å². The summed E-state index contributed by atoms with van der Waals surface area (Å²) in [5.74, 6) is 2.35. The molecule has 1 fully saturated rings. The summed E-state index contributed by atoms with van der Waals surface area (Å²) in [6.07, 6.45) is 5.02. The Hall–Kier alpha value is -2.58. The van der Waals surface area contributed by atoms with E-state index < -0.39 is 0 Å². The van der Waals surface area contributed by atoms with Crippen LogP contribution in [0.5, 0.6) is 0 Å². The van der Waals surface area contributed by atoms with Gasteiger partial charge in [0.05, 0.1) is 0 Å². The van der Waals surface area contributed by atoms with E-state index in [-0.39, 0.29) is 0 Å². The van der Waals surface area contributed by atoms with Gasteiger partial charge in [-0.15, -0.1) is 0 Å². The second-order valence-corrected chi connectivity index (χ2v) is 7.72. The number of piperidine rings is 1. The third-order valence-corrected chi connectivity index (χ3v) is 5.05. The van der Waals surface area contributed by atoms with Crippen LogP contribution < -0.4 is 5.32 Å². The Balaban J connectivity index is 1.62. The number of hydrogen-bond donors (Lipinski definition) is 1. The SMILES string of the molecule is CC1CC(C)CN(C(C)CNc2oc(/C=C/c3ccccc3)nc2C#N)C1. The van der Waals surface area contributed by atoms with Crippen LogP contribution in [-0.2, 0) is 0 Å². The molecule has 5 heteroatoms. The Morgan fingerprint density at radius 3 is 2.63 bits per heavy atom. The summed E-state index contributed by atoms with van der Waals surface area (Å²) in [6, 6.07) is 12.4. The average Bonchev–Trinajstić information content (AvgIpc) is 3.06. The van der Waals surface area contributed by atoms with Crippen molar-refractivity contribution < 1.29 is 4.42 Å². The summed E-state index contributed by atoms with van der Waals surface area (Å²) in [4.78, 5) is 6.79. The Morgan fingerprint density at radius 2 is 1.96 bits per heavy atom. The van der Waals surface area contributed by atoms with Crippen molar-refractivity contribution >= 4 is 18.0 Å². The van der Waals surface area contributed by atoms with Crippen LogP contribution in [0.1, 0.15) is 44.3 Å². The van der Waals surface area contributed by atoms with E-state index in [4.69, 9.17) is 4.42 Å². The van der Waals surface area contributed by atoms with Gasteiger partial charge in [-0.2, -0.15) is 10.2 Å². The first-order chi connectivity index (χ1) is 13.0. The lowest BCUT2D eigenvalue weighted by Gasteiger charge is -2.38. The van der Waals surface area contributed by atoms with Gasteiger partial charge in [-0.1, -0.05) is 44.2 Å². The molecule has 3 unspecified atom stereocenters. The molecule has 142 valence electrons. The number of nitrogens with one attached hydrogen (secondary N) is 1. The van der Waals surface area contributed by atoms with Gasteiger partial charge in [0.25, 0.3) is 0 Å². The second-order valence-electron chi connectivity index (χ2n) is 7.72. The normalized spacial score (nSPS) is 21.9. The molecule has 1 aliphatic heterocycles. The van der Waals surface area contributed by atoms with Gasteiger partial charge in [-0.05, 0) is 36.8 Å². The Labute approximate surface area is 161 Å². The number of likely N-dealkylation sites (tertiary alicyclic amines) is 1. The minimum absolute atomic E-state index is 0.301. The van der Waals surface area contributed by atoms with E-state index in [0.717, 1.165) is 37.0 Å². The quantitative estimate of drug-likeness (QED) is 0.818. The summed E-state index contributed by atoms with van der Waals surface area (Å²) >= 11 is 0. The minimum Gasteiger partial charge on any atom is -0.420 e. The smallest absolute Gasteiger partial charge is 0.232 e. The Kier molecular flexibility index (Phi) is 6.31. The maximum absolute atomic E-state index is 9.35. The highest BCUT2D eigenvalue weighted by Crippen LogP contribution is 2.23. The molecule has 0 saturated carbocycles. The topological polar surface area (TPSA) is 65.1 Å². The molecule has 2 aromatic rings. The maximum atomic E-state index is 9.35. The van der Waals surface area contributed by atoms with E-state index >= 15 is 0 Å². The van der Waals surface area contributed by atoms with E-state index in [0.29, 0.717) is 23.5 Å². The zero-order valence-corrected chi connectivity index (χ0v) is 16.4. The predicted molar refractivity (Wildman–Crippen MR) is 109 cm³/mol. The van der Waals surface area contributed by atoms with Gasteiger partial charge in [0.15, 0.2) is 0 Å². The predicted octanol–water partition coefficient (Wildman–Crippen LogP) is 4.49. The molecule has 0 spiro atoms. The van der Waals surface area contributed by atoms with Crippen LogP contribution in [0.3, 0.4) is 0 Å². The molecular weight excluding hydrogens is 336 g/mol. The van der Waals surface area contributed by atoms with Crippen LogP contribution in [0.25, 0.3) is 12.2 Å². The largest absolute Gasteiger partial charge is 0.420 e. The highest BCUT2D eigenvalue weighted by Gasteiger charge is 2.25. The number of nitriles is 1. The molecule has 0 aliphatic carbocycles. The fourth-order valence-electron chi connectivity index (χ4n) is 3.78. The van der Waals surface area contributed by atoms with E-state index in [1.54, 1.807) is 6.08 Å². The summed E-state index contributed by atoms with van der Waals surface area (Å²) in [5.41, 5.74) is 1.36. The van der Waals surface area contributed by atoms with Gasteiger partial charge >= 0.3 is 0 Å². The third kappa shape index (κ3) is 5.21. The van der Waals surface area contributed by atoms with Gasteiger partial charge in [-0.3, -0.25) is 4.90 Å². The van der Waals surface area contributed by atoms with E-state index in [9.17, 15) is 5.26 Å². The fourth-order valence-corrected chi connectivity index (χ4v) is 3.78. The van der Waals surface area contributed by atoms with Crippen LogP contribution in [0.15, 0.2) is 34.7 Å². The molecule has 1 aliphatic rings. The first-order valence-electron chi connectivity index (χ1n) is 9.67. The van der Waals surface area contributed by atoms with E-state index in [1.807, 2.05) is 36.4 Å². The molecule has 3 rings (SSSR count). The summed E-state index contributed by atoms with van der Waals surface area (Å²) in [6.45, 7) is 9.83. The van der Waals surface area contributed by atoms with Crippen molar-refractivity contribution in [3.8, 4) is 6.07 Å². The zero-order valence-electron chi connectivity index (χ0n) is 16.4. The lowest BCUT2D eigenvalue weighted by atomic mass is 9.91. The van der Waals surface area contributed by atoms with Crippen molar-refractivity contribution in [2.75, 3.05) is 25.0 Å². The maximum Gasteiger partial charge on any atom is 0.232 e. The van der Waals surface area contributed by atoms with Gasteiger partial charge < -0.3 is 9.73 Å². The number of rotatable bonds is 6. The molecular formula is C22H28N4O. The monoisotopic (exact) mass is 364 g/mol. The minimum atomic E-state index is 0.301. The summed E-state index contributed by atoms with van der Waals surface area (Å²) in [7, 11) is 0. The van der Waals surface area contributed by atoms with Crippen LogP contribution in [0.4, 0.5) is 5.88 Å². The number of hydrogen-bond acceptors (Lipinski definition) is 5. The zero-order chi connectivity index (χ0) is 19.2. The molecule has 1 saturated heterocycles. The standard InChI is InChI=1S/C22H28N4O/c1-16-11-17(2)15-26(14-16)18(3)13-24-22-20(12-23)25-21(27-22)10-9-19-7-5-4-6-8-19/h4-10,16-18,24H,11,13-15H2,1-3H3/b10-9+. The van der Waals surface area contributed by atoms with Crippen molar-refractivity contribution in [3.05, 3.63) is 47.5 Å². The van der Waals surface area contributed by atoms with Gasteiger partial charge in [0, 0.05) is 31.8 Å². The summed E-state index contributed by atoms with van der Waals surface area (Å²) in [5, 5.41) is 12.6. The van der Waals surface area contributed by atoms with Crippen molar-refractivity contribution in [1.82, 2.24) is 9.88 Å². The van der Waals surface area contributed by atoms with Crippen LogP contribution in [-0.4, -0.2) is 35.6 Å². The molecule has 1 aromatic carbocycles. The molecule has 0 bridgehead atoms. The van der Waals surface area contributed by atoms with Crippen molar-refractivity contribution in [2.45, 2.75) is 33.2 Å². The molecule has 5 nitrogen and oxygen atoms in total. The molecule has 1 N–H and O–H groups in total. The Morgan fingerprint density at radius 1 is 1.26 bits per heavy atom. The lowest BCUT2D eigenvalue weighted by Crippen LogP contribution is -2.46. The number of aromatic nitrogens is 1. The fraction of sp³-hybridized carbons (Fsp3) is 0.455. The molecule has 27 heavy (non-hydrogen) atoms. The van der Waals surface area contributed by atoms with Crippen molar-refractivity contribution in [3.63, 3.8) is 0 Å². The average molecular weight is 364 g/mol. The molecule has 0 radical (unpaired) electrons. The molecule has 2 heterocycles. The lowest BCUT2D eigenvalue weighted by molar-refractivity contribution is 0.108. The Bertz CT molecular complexity index is 795. The third-order valence-electron chi connectivity index (χ3n) is 5.05. The molecule has 3 atom stereocenters. The molecule has 1 aromatic heterocycles. The first-order valence-corrected chi connectivity index (χ1v) is 9.67. The van der Waals surface area contributed by atoms with Crippen molar-refractivity contribution in [1.29, 1.82) is 5.26 Å². The number of benzene rings is 1. The highest BCUT2D eigenvalue weighted by atomic mass is 16.4. The van der Waals surface area contributed by atoms with Crippen molar-refractivity contribution in [2.24, 2.45) is 11.8 Å².